The van der Waals surface area contributed by atoms with Crippen LogP contribution in [0.1, 0.15) is 21.7 Å². The average Bonchev–Trinajstić information content (AvgIpc) is 2.59. The van der Waals surface area contributed by atoms with Gasteiger partial charge in [0.2, 0.25) is 5.95 Å². The lowest BCUT2D eigenvalue weighted by atomic mass is 10.3. The van der Waals surface area contributed by atoms with E-state index in [4.69, 9.17) is 5.11 Å². The summed E-state index contributed by atoms with van der Waals surface area (Å²) in [4.78, 5) is 28.7. The maximum atomic E-state index is 11.3. The van der Waals surface area contributed by atoms with Crippen LogP contribution in [0.15, 0.2) is 17.1 Å². The van der Waals surface area contributed by atoms with Crippen molar-refractivity contribution >= 4 is 5.97 Å². The smallest absolute Gasteiger partial charge is 0.339 e. The van der Waals surface area contributed by atoms with Crippen molar-refractivity contribution in [3.63, 3.8) is 0 Å². The van der Waals surface area contributed by atoms with Crippen molar-refractivity contribution in [3.8, 4) is 5.95 Å². The van der Waals surface area contributed by atoms with E-state index in [1.165, 1.54) is 16.9 Å². The van der Waals surface area contributed by atoms with Crippen LogP contribution in [-0.4, -0.2) is 30.8 Å². The molecule has 2 heterocycles. The van der Waals surface area contributed by atoms with Gasteiger partial charge in [0.05, 0.1) is 5.69 Å². The van der Waals surface area contributed by atoms with Crippen LogP contribution in [0.3, 0.4) is 0 Å². The molecule has 2 rings (SSSR count). The van der Waals surface area contributed by atoms with Crippen molar-refractivity contribution < 1.29 is 9.90 Å². The Hall–Kier alpha value is -2.44. The molecule has 0 atom stereocenters. The molecular formula is C10H10N4O3. The Morgan fingerprint density at radius 3 is 2.71 bits per heavy atom. The summed E-state index contributed by atoms with van der Waals surface area (Å²) in [5.74, 6) is -0.866. The largest absolute Gasteiger partial charge is 0.478 e. The van der Waals surface area contributed by atoms with E-state index in [9.17, 15) is 9.59 Å². The quantitative estimate of drug-likeness (QED) is 0.776. The lowest BCUT2D eigenvalue weighted by molar-refractivity contribution is 0.0696. The third-order valence-corrected chi connectivity index (χ3v) is 2.20. The minimum Gasteiger partial charge on any atom is -0.478 e. The summed E-state index contributed by atoms with van der Waals surface area (Å²) >= 11 is 0. The lowest BCUT2D eigenvalue weighted by Gasteiger charge is -1.99. The number of aromatic amines is 1. The first kappa shape index (κ1) is 11.1. The van der Waals surface area contributed by atoms with Gasteiger partial charge in [-0.15, -0.1) is 0 Å². The fourth-order valence-electron chi connectivity index (χ4n) is 1.45. The molecule has 17 heavy (non-hydrogen) atoms. The number of rotatable bonds is 2. The van der Waals surface area contributed by atoms with Gasteiger partial charge in [-0.05, 0) is 13.8 Å². The van der Waals surface area contributed by atoms with Gasteiger partial charge in [-0.1, -0.05) is 0 Å². The molecule has 0 unspecified atom stereocenters. The second-order valence-corrected chi connectivity index (χ2v) is 3.59. The number of nitrogens with zero attached hydrogens (tertiary/aromatic N) is 3. The number of H-pyrrole nitrogens is 1. The standard InChI is InChI=1S/C10H10N4O3/c1-5-3-8(15)12-10(11-5)14-4-7(9(16)17)6(2)13-14/h3-4H,1-2H3,(H,16,17)(H,11,12,15). The van der Waals surface area contributed by atoms with E-state index in [2.05, 4.69) is 15.1 Å². The number of hydrogen-bond donors (Lipinski definition) is 2. The first-order valence-corrected chi connectivity index (χ1v) is 4.85. The van der Waals surface area contributed by atoms with Crippen LogP contribution in [0.4, 0.5) is 0 Å². The number of carboxylic acid groups (broad SMARTS) is 1. The molecule has 2 aromatic rings. The van der Waals surface area contributed by atoms with Crippen LogP contribution < -0.4 is 5.56 Å². The van der Waals surface area contributed by atoms with Crippen molar-refractivity contribution in [2.75, 3.05) is 0 Å². The molecule has 7 nitrogen and oxygen atoms in total. The van der Waals surface area contributed by atoms with Gasteiger partial charge in [-0.25, -0.2) is 14.5 Å². The zero-order valence-corrected chi connectivity index (χ0v) is 9.26. The number of nitrogens with one attached hydrogen (secondary N) is 1. The Morgan fingerprint density at radius 2 is 2.18 bits per heavy atom. The predicted molar refractivity (Wildman–Crippen MR) is 58.4 cm³/mol. The van der Waals surface area contributed by atoms with Crippen LogP contribution in [-0.2, 0) is 0 Å². The Bertz CT molecular complexity index is 641. The molecule has 0 aliphatic carbocycles. The summed E-state index contributed by atoms with van der Waals surface area (Å²) in [6.45, 7) is 3.25. The summed E-state index contributed by atoms with van der Waals surface area (Å²) < 4.78 is 1.24. The van der Waals surface area contributed by atoms with Gasteiger partial charge >= 0.3 is 5.97 Å². The van der Waals surface area contributed by atoms with Crippen LogP contribution >= 0.6 is 0 Å². The molecule has 0 radical (unpaired) electrons. The fourth-order valence-corrected chi connectivity index (χ4v) is 1.45. The Morgan fingerprint density at radius 1 is 1.47 bits per heavy atom. The molecule has 0 saturated heterocycles. The van der Waals surface area contributed by atoms with Crippen molar-refractivity contribution in [2.24, 2.45) is 0 Å². The van der Waals surface area contributed by atoms with Gasteiger partial charge in [-0.3, -0.25) is 9.78 Å². The summed E-state index contributed by atoms with van der Waals surface area (Å²) in [6.07, 6.45) is 1.31. The third-order valence-electron chi connectivity index (χ3n) is 2.20. The molecule has 0 saturated carbocycles. The molecular weight excluding hydrogens is 224 g/mol. The highest BCUT2D eigenvalue weighted by Crippen LogP contribution is 2.08. The number of carbonyl (C=O) groups is 1. The van der Waals surface area contributed by atoms with E-state index in [0.29, 0.717) is 11.4 Å². The van der Waals surface area contributed by atoms with Crippen molar-refractivity contribution in [1.29, 1.82) is 0 Å². The molecule has 0 aliphatic rings. The Labute approximate surface area is 95.7 Å². The highest BCUT2D eigenvalue weighted by atomic mass is 16.4. The van der Waals surface area contributed by atoms with Gasteiger partial charge in [0.15, 0.2) is 0 Å². The SMILES string of the molecule is Cc1cc(=O)[nH]c(-n2cc(C(=O)O)c(C)n2)n1. The zero-order valence-electron chi connectivity index (χ0n) is 9.26. The molecule has 0 amide bonds. The van der Waals surface area contributed by atoms with E-state index in [0.717, 1.165) is 0 Å². The molecule has 88 valence electrons. The van der Waals surface area contributed by atoms with E-state index >= 15 is 0 Å². The molecule has 0 spiro atoms. The Balaban J connectivity index is 2.57. The average molecular weight is 234 g/mol. The maximum Gasteiger partial charge on any atom is 0.339 e. The van der Waals surface area contributed by atoms with E-state index in [1.807, 2.05) is 0 Å². The van der Waals surface area contributed by atoms with E-state index < -0.39 is 5.97 Å². The minimum absolute atomic E-state index is 0.0779. The van der Waals surface area contributed by atoms with E-state index in [1.54, 1.807) is 13.8 Å². The van der Waals surface area contributed by atoms with Gasteiger partial charge in [0.1, 0.15) is 5.56 Å². The second kappa shape index (κ2) is 3.85. The number of aryl methyl sites for hydroxylation is 2. The highest BCUT2D eigenvalue weighted by molar-refractivity contribution is 5.88. The molecule has 0 aliphatic heterocycles. The lowest BCUT2D eigenvalue weighted by Crippen LogP contribution is -2.13. The van der Waals surface area contributed by atoms with Crippen LogP contribution in [0.2, 0.25) is 0 Å². The van der Waals surface area contributed by atoms with Crippen molar-refractivity contribution in [2.45, 2.75) is 13.8 Å². The topological polar surface area (TPSA) is 101 Å². The summed E-state index contributed by atoms with van der Waals surface area (Å²) in [5, 5.41) is 12.9. The van der Waals surface area contributed by atoms with Crippen LogP contribution in [0.5, 0.6) is 0 Å². The minimum atomic E-state index is -1.07. The normalized spacial score (nSPS) is 10.5. The summed E-state index contributed by atoms with van der Waals surface area (Å²) in [7, 11) is 0. The maximum absolute atomic E-state index is 11.3. The first-order valence-electron chi connectivity index (χ1n) is 4.85. The van der Waals surface area contributed by atoms with Gasteiger partial charge < -0.3 is 5.11 Å². The second-order valence-electron chi connectivity index (χ2n) is 3.59. The summed E-state index contributed by atoms with van der Waals surface area (Å²) in [6, 6.07) is 1.35. The first-order chi connectivity index (χ1) is 7.97. The highest BCUT2D eigenvalue weighted by Gasteiger charge is 2.13. The molecule has 0 fully saturated rings. The van der Waals surface area contributed by atoms with Gasteiger partial charge in [-0.2, -0.15) is 5.10 Å². The number of hydrogen-bond acceptors (Lipinski definition) is 4. The van der Waals surface area contributed by atoms with Gasteiger partial charge in [0, 0.05) is 18.0 Å². The van der Waals surface area contributed by atoms with Crippen LogP contribution in [0.25, 0.3) is 5.95 Å². The monoisotopic (exact) mass is 234 g/mol. The number of aromatic carboxylic acids is 1. The zero-order chi connectivity index (χ0) is 12.6. The van der Waals surface area contributed by atoms with Crippen LogP contribution in [0, 0.1) is 13.8 Å². The fraction of sp³-hybridized carbons (Fsp3) is 0.200. The van der Waals surface area contributed by atoms with Crippen molar-refractivity contribution in [3.05, 3.63) is 39.6 Å². The number of carboxylic acids is 1. The molecule has 2 N–H and O–H groups in total. The predicted octanol–water partition coefficient (Wildman–Crippen LogP) is 0.271. The Kier molecular flexibility index (Phi) is 2.51. The molecule has 2 aromatic heterocycles. The number of aromatic nitrogens is 4. The molecule has 7 heteroatoms. The third kappa shape index (κ3) is 2.07. The molecule has 0 aromatic carbocycles. The van der Waals surface area contributed by atoms with Crippen molar-refractivity contribution in [1.82, 2.24) is 19.7 Å². The van der Waals surface area contributed by atoms with E-state index in [-0.39, 0.29) is 17.1 Å². The molecule has 0 bridgehead atoms. The van der Waals surface area contributed by atoms with Gasteiger partial charge in [0.25, 0.3) is 5.56 Å². The summed E-state index contributed by atoms with van der Waals surface area (Å²) in [5.41, 5.74) is 0.669.